The molecule has 3 heteroatoms. The third kappa shape index (κ3) is 9.69. The van der Waals surface area contributed by atoms with Gasteiger partial charge in [0.2, 0.25) is 5.24 Å². The molecule has 0 fully saturated rings. The molecule has 2 nitrogen and oxygen atoms in total. The highest BCUT2D eigenvalue weighted by Crippen LogP contribution is 2.03. The first kappa shape index (κ1) is 15.1. The SMILES string of the molecule is CCCCN.O=C(Cl)CCc1ccccc1. The lowest BCUT2D eigenvalue weighted by Gasteiger charge is -1.95. The van der Waals surface area contributed by atoms with Crippen LogP contribution in [0.5, 0.6) is 0 Å². The number of unbranched alkanes of at least 4 members (excludes halogenated alkanes) is 1. The standard InChI is InChI=1S/C9H9ClO.C4H11N/c10-9(11)7-6-8-4-2-1-3-5-8;1-2-3-4-5/h1-5H,6-7H2;2-5H2,1H3. The zero-order valence-corrected chi connectivity index (χ0v) is 10.5. The van der Waals surface area contributed by atoms with Crippen molar-refractivity contribution in [3.8, 4) is 0 Å². The predicted octanol–water partition coefficient (Wildman–Crippen LogP) is 3.13. The monoisotopic (exact) mass is 241 g/mol. The van der Waals surface area contributed by atoms with Crippen molar-refractivity contribution in [2.24, 2.45) is 5.73 Å². The van der Waals surface area contributed by atoms with Gasteiger partial charge in [-0.15, -0.1) is 0 Å². The Labute approximate surface area is 103 Å². The molecule has 0 aliphatic carbocycles. The maximum absolute atomic E-state index is 10.4. The molecule has 0 saturated carbocycles. The Hall–Kier alpha value is -0.860. The summed E-state index contributed by atoms with van der Waals surface area (Å²) in [6, 6.07) is 9.83. The van der Waals surface area contributed by atoms with Crippen molar-refractivity contribution in [2.45, 2.75) is 32.6 Å². The first-order chi connectivity index (χ1) is 7.70. The summed E-state index contributed by atoms with van der Waals surface area (Å²) in [5.41, 5.74) is 6.29. The number of carbonyl (C=O) groups is 1. The summed E-state index contributed by atoms with van der Waals surface area (Å²) >= 11 is 5.19. The van der Waals surface area contributed by atoms with E-state index in [0.717, 1.165) is 18.5 Å². The lowest BCUT2D eigenvalue weighted by molar-refractivity contribution is -0.111. The highest BCUT2D eigenvalue weighted by Gasteiger charge is 1.96. The molecule has 2 N–H and O–H groups in total. The number of hydrogen-bond acceptors (Lipinski definition) is 2. The van der Waals surface area contributed by atoms with E-state index in [1.54, 1.807) is 0 Å². The minimum Gasteiger partial charge on any atom is -0.330 e. The first-order valence-corrected chi connectivity index (χ1v) is 6.00. The summed E-state index contributed by atoms with van der Waals surface area (Å²) in [4.78, 5) is 10.4. The van der Waals surface area contributed by atoms with Gasteiger partial charge in [-0.2, -0.15) is 0 Å². The molecular weight excluding hydrogens is 222 g/mol. The van der Waals surface area contributed by atoms with Crippen LogP contribution in [0.2, 0.25) is 0 Å². The van der Waals surface area contributed by atoms with Crippen LogP contribution in [0.4, 0.5) is 0 Å². The Kier molecular flexibility index (Phi) is 10.1. The van der Waals surface area contributed by atoms with Gasteiger partial charge in [0.05, 0.1) is 0 Å². The van der Waals surface area contributed by atoms with Gasteiger partial charge in [0.25, 0.3) is 0 Å². The topological polar surface area (TPSA) is 43.1 Å². The Morgan fingerprint density at radius 3 is 2.31 bits per heavy atom. The van der Waals surface area contributed by atoms with E-state index in [1.807, 2.05) is 30.3 Å². The van der Waals surface area contributed by atoms with Crippen molar-refractivity contribution in [1.82, 2.24) is 0 Å². The highest BCUT2D eigenvalue weighted by molar-refractivity contribution is 6.63. The molecule has 90 valence electrons. The van der Waals surface area contributed by atoms with Crippen molar-refractivity contribution >= 4 is 16.8 Å². The van der Waals surface area contributed by atoms with Crippen LogP contribution in [0.3, 0.4) is 0 Å². The summed E-state index contributed by atoms with van der Waals surface area (Å²) in [6.45, 7) is 2.98. The first-order valence-electron chi connectivity index (χ1n) is 5.63. The maximum Gasteiger partial charge on any atom is 0.221 e. The molecular formula is C13H20ClNO. The highest BCUT2D eigenvalue weighted by atomic mass is 35.5. The Morgan fingerprint density at radius 2 is 1.94 bits per heavy atom. The molecule has 1 aromatic carbocycles. The predicted molar refractivity (Wildman–Crippen MR) is 69.6 cm³/mol. The Morgan fingerprint density at radius 1 is 1.31 bits per heavy atom. The normalized spacial score (nSPS) is 9.19. The van der Waals surface area contributed by atoms with E-state index in [1.165, 1.54) is 12.8 Å². The zero-order chi connectivity index (χ0) is 12.2. The van der Waals surface area contributed by atoms with Gasteiger partial charge >= 0.3 is 0 Å². The summed E-state index contributed by atoms with van der Waals surface area (Å²) in [5.74, 6) is 0. The molecule has 0 bridgehead atoms. The zero-order valence-electron chi connectivity index (χ0n) is 9.79. The maximum atomic E-state index is 10.4. The number of rotatable bonds is 5. The third-order valence-corrected chi connectivity index (χ3v) is 2.20. The van der Waals surface area contributed by atoms with Crippen molar-refractivity contribution in [1.29, 1.82) is 0 Å². The van der Waals surface area contributed by atoms with Gasteiger partial charge in [-0.1, -0.05) is 43.7 Å². The largest absolute Gasteiger partial charge is 0.330 e. The van der Waals surface area contributed by atoms with E-state index in [9.17, 15) is 4.79 Å². The smallest absolute Gasteiger partial charge is 0.221 e. The molecule has 0 amide bonds. The minimum absolute atomic E-state index is 0.270. The quantitative estimate of drug-likeness (QED) is 0.805. The van der Waals surface area contributed by atoms with Gasteiger partial charge in [-0.3, -0.25) is 4.79 Å². The van der Waals surface area contributed by atoms with Crippen LogP contribution in [0.15, 0.2) is 30.3 Å². The summed E-state index contributed by atoms with van der Waals surface area (Å²) in [7, 11) is 0. The van der Waals surface area contributed by atoms with Crippen molar-refractivity contribution in [3.05, 3.63) is 35.9 Å². The Bertz CT molecular complexity index is 273. The fraction of sp³-hybridized carbons (Fsp3) is 0.462. The summed E-state index contributed by atoms with van der Waals surface area (Å²) < 4.78 is 0. The summed E-state index contributed by atoms with van der Waals surface area (Å²) in [5, 5.41) is -0.270. The van der Waals surface area contributed by atoms with Gasteiger partial charge in [-0.05, 0) is 36.6 Å². The molecule has 0 saturated heterocycles. The van der Waals surface area contributed by atoms with E-state index in [4.69, 9.17) is 17.3 Å². The fourth-order valence-electron chi connectivity index (χ4n) is 1.09. The number of aryl methyl sites for hydroxylation is 1. The van der Waals surface area contributed by atoms with E-state index >= 15 is 0 Å². The Balaban J connectivity index is 0.000000385. The van der Waals surface area contributed by atoms with Crippen molar-refractivity contribution in [2.75, 3.05) is 6.54 Å². The third-order valence-electron chi connectivity index (χ3n) is 2.01. The van der Waals surface area contributed by atoms with Crippen LogP contribution in [0, 0.1) is 0 Å². The van der Waals surface area contributed by atoms with E-state index in [2.05, 4.69) is 6.92 Å². The second-order valence-electron chi connectivity index (χ2n) is 3.48. The molecule has 0 heterocycles. The second-order valence-corrected chi connectivity index (χ2v) is 3.90. The molecule has 16 heavy (non-hydrogen) atoms. The van der Waals surface area contributed by atoms with Gasteiger partial charge in [0.1, 0.15) is 0 Å². The average Bonchev–Trinajstić information content (AvgIpc) is 2.30. The minimum atomic E-state index is -0.270. The number of nitrogens with two attached hydrogens (primary N) is 1. The molecule has 1 aromatic rings. The molecule has 0 spiro atoms. The summed E-state index contributed by atoms with van der Waals surface area (Å²) in [6.07, 6.45) is 3.55. The van der Waals surface area contributed by atoms with Gasteiger partial charge in [-0.25, -0.2) is 0 Å². The fourth-order valence-corrected chi connectivity index (χ4v) is 1.19. The van der Waals surface area contributed by atoms with E-state index in [0.29, 0.717) is 6.42 Å². The van der Waals surface area contributed by atoms with Crippen molar-refractivity contribution in [3.63, 3.8) is 0 Å². The molecule has 0 aromatic heterocycles. The second kappa shape index (κ2) is 10.7. The lowest BCUT2D eigenvalue weighted by atomic mass is 10.1. The molecule has 0 atom stereocenters. The lowest BCUT2D eigenvalue weighted by Crippen LogP contribution is -1.95. The van der Waals surface area contributed by atoms with Gasteiger partial charge in [0.15, 0.2) is 0 Å². The van der Waals surface area contributed by atoms with Crippen LogP contribution >= 0.6 is 11.6 Å². The average molecular weight is 242 g/mol. The van der Waals surface area contributed by atoms with Gasteiger partial charge < -0.3 is 5.73 Å². The number of halogens is 1. The molecule has 1 rings (SSSR count). The van der Waals surface area contributed by atoms with Crippen molar-refractivity contribution < 1.29 is 4.79 Å². The van der Waals surface area contributed by atoms with Crippen LogP contribution < -0.4 is 5.73 Å². The molecule has 0 aliphatic heterocycles. The number of benzene rings is 1. The van der Waals surface area contributed by atoms with E-state index < -0.39 is 0 Å². The van der Waals surface area contributed by atoms with Crippen LogP contribution in [0.1, 0.15) is 31.7 Å². The number of carbonyl (C=O) groups excluding carboxylic acids is 1. The molecule has 0 unspecified atom stereocenters. The molecule has 0 aliphatic rings. The van der Waals surface area contributed by atoms with Crippen LogP contribution in [0.25, 0.3) is 0 Å². The number of hydrogen-bond donors (Lipinski definition) is 1. The van der Waals surface area contributed by atoms with E-state index in [-0.39, 0.29) is 5.24 Å². The molecule has 0 radical (unpaired) electrons. The van der Waals surface area contributed by atoms with Gasteiger partial charge in [0, 0.05) is 6.42 Å². The van der Waals surface area contributed by atoms with Crippen LogP contribution in [-0.4, -0.2) is 11.8 Å². The van der Waals surface area contributed by atoms with Crippen LogP contribution in [-0.2, 0) is 11.2 Å².